The van der Waals surface area contributed by atoms with Crippen LogP contribution in [-0.4, -0.2) is 18.8 Å². The van der Waals surface area contributed by atoms with E-state index in [1.807, 2.05) is 0 Å². The van der Waals surface area contributed by atoms with Crippen molar-refractivity contribution in [2.75, 3.05) is 6.61 Å². The number of hydrogen-bond donors (Lipinski definition) is 1. The van der Waals surface area contributed by atoms with E-state index < -0.39 is 0 Å². The smallest absolute Gasteiger partial charge is 0.0561 e. The van der Waals surface area contributed by atoms with Crippen LogP contribution in [0.4, 0.5) is 0 Å². The molecule has 1 saturated heterocycles. The molecule has 1 rings (SSSR count). The third kappa shape index (κ3) is 1.46. The summed E-state index contributed by atoms with van der Waals surface area (Å²) in [6, 6.07) is 0.388. The summed E-state index contributed by atoms with van der Waals surface area (Å²) >= 11 is 0. The van der Waals surface area contributed by atoms with Gasteiger partial charge in [-0.2, -0.15) is 0 Å². The Bertz CT molecular complexity index is 66.9. The van der Waals surface area contributed by atoms with Crippen LogP contribution in [0.1, 0.15) is 19.8 Å². The van der Waals surface area contributed by atoms with Gasteiger partial charge in [-0.1, -0.05) is 0 Å². The molecule has 0 saturated carbocycles. The van der Waals surface area contributed by atoms with Crippen LogP contribution in [0.2, 0.25) is 0 Å². The molecule has 48 valence electrons. The Morgan fingerprint density at radius 2 is 2.38 bits per heavy atom. The topological polar surface area (TPSA) is 35.2 Å². The molecule has 0 aromatic carbocycles. The first kappa shape index (κ1) is 6.05. The average Bonchev–Trinajstić information content (AvgIpc) is 1.64. The predicted octanol–water partition coefficient (Wildman–Crippen LogP) is 0.513. The number of nitrogens with two attached hydrogens (primary N) is 1. The molecule has 2 nitrogen and oxygen atoms in total. The Kier molecular flexibility index (Phi) is 1.86. The first-order valence-electron chi connectivity index (χ1n) is 3.16. The summed E-state index contributed by atoms with van der Waals surface area (Å²) in [5.41, 5.74) is 5.65. The van der Waals surface area contributed by atoms with Gasteiger partial charge in [0.1, 0.15) is 0 Å². The van der Waals surface area contributed by atoms with Crippen molar-refractivity contribution >= 4 is 0 Å². The van der Waals surface area contributed by atoms with Gasteiger partial charge in [0.15, 0.2) is 0 Å². The normalized spacial score (nSPS) is 39.8. The molecule has 1 aliphatic rings. The van der Waals surface area contributed by atoms with Gasteiger partial charge in [-0.25, -0.2) is 0 Å². The van der Waals surface area contributed by atoms with Crippen molar-refractivity contribution in [3.05, 3.63) is 0 Å². The highest BCUT2D eigenvalue weighted by Gasteiger charge is 2.14. The first-order valence-corrected chi connectivity index (χ1v) is 3.16. The van der Waals surface area contributed by atoms with E-state index in [1.165, 1.54) is 0 Å². The summed E-state index contributed by atoms with van der Waals surface area (Å²) in [6.45, 7) is 2.92. The van der Waals surface area contributed by atoms with Crippen LogP contribution >= 0.6 is 0 Å². The van der Waals surface area contributed by atoms with Crippen molar-refractivity contribution in [3.63, 3.8) is 0 Å². The summed E-state index contributed by atoms with van der Waals surface area (Å²) < 4.78 is 5.27. The number of rotatable bonds is 0. The fourth-order valence-corrected chi connectivity index (χ4v) is 1.03. The van der Waals surface area contributed by atoms with Gasteiger partial charge < -0.3 is 10.5 Å². The second-order valence-electron chi connectivity index (χ2n) is 2.47. The van der Waals surface area contributed by atoms with Crippen molar-refractivity contribution in [1.29, 1.82) is 0 Å². The number of hydrogen-bond acceptors (Lipinski definition) is 2. The highest BCUT2D eigenvalue weighted by molar-refractivity contribution is 4.69. The van der Waals surface area contributed by atoms with Gasteiger partial charge in [0, 0.05) is 12.6 Å². The third-order valence-electron chi connectivity index (χ3n) is 1.53. The summed E-state index contributed by atoms with van der Waals surface area (Å²) in [4.78, 5) is 0. The molecule has 0 aliphatic carbocycles. The minimum Gasteiger partial charge on any atom is -0.378 e. The molecule has 0 unspecified atom stereocenters. The molecule has 1 heterocycles. The highest BCUT2D eigenvalue weighted by atomic mass is 16.5. The van der Waals surface area contributed by atoms with Crippen LogP contribution in [0, 0.1) is 0 Å². The van der Waals surface area contributed by atoms with Crippen LogP contribution in [0.15, 0.2) is 0 Å². The zero-order valence-corrected chi connectivity index (χ0v) is 5.26. The largest absolute Gasteiger partial charge is 0.378 e. The van der Waals surface area contributed by atoms with E-state index >= 15 is 0 Å². The Labute approximate surface area is 50.0 Å². The minimum atomic E-state index is 0.388. The van der Waals surface area contributed by atoms with Gasteiger partial charge in [-0.15, -0.1) is 0 Å². The molecule has 0 bridgehead atoms. The summed E-state index contributed by atoms with van der Waals surface area (Å²) in [6.07, 6.45) is 2.45. The molecule has 0 aromatic rings. The second kappa shape index (κ2) is 2.46. The van der Waals surface area contributed by atoms with Gasteiger partial charge in [-0.3, -0.25) is 0 Å². The maximum absolute atomic E-state index is 5.65. The van der Waals surface area contributed by atoms with E-state index in [1.54, 1.807) is 0 Å². The van der Waals surface area contributed by atoms with E-state index in [0.29, 0.717) is 12.1 Å². The fourth-order valence-electron chi connectivity index (χ4n) is 1.03. The van der Waals surface area contributed by atoms with E-state index in [2.05, 4.69) is 6.92 Å². The lowest BCUT2D eigenvalue weighted by Gasteiger charge is -2.23. The van der Waals surface area contributed by atoms with E-state index in [4.69, 9.17) is 10.5 Å². The summed E-state index contributed by atoms with van der Waals surface area (Å²) in [5.74, 6) is 0. The predicted molar refractivity (Wildman–Crippen MR) is 32.6 cm³/mol. The molecule has 0 aromatic heterocycles. The van der Waals surface area contributed by atoms with Crippen molar-refractivity contribution in [2.24, 2.45) is 5.73 Å². The summed E-state index contributed by atoms with van der Waals surface area (Å²) in [7, 11) is 0. The van der Waals surface area contributed by atoms with E-state index in [0.717, 1.165) is 19.4 Å². The minimum absolute atomic E-state index is 0.388. The zero-order valence-electron chi connectivity index (χ0n) is 5.26. The molecule has 2 atom stereocenters. The molecule has 1 aliphatic heterocycles. The fraction of sp³-hybridized carbons (Fsp3) is 1.00. The lowest BCUT2D eigenvalue weighted by Crippen LogP contribution is -2.32. The second-order valence-corrected chi connectivity index (χ2v) is 2.47. The first-order chi connectivity index (χ1) is 3.79. The molecular weight excluding hydrogens is 102 g/mol. The Hall–Kier alpha value is -0.0800. The lowest BCUT2D eigenvalue weighted by molar-refractivity contribution is 0.0200. The van der Waals surface area contributed by atoms with Crippen molar-refractivity contribution in [3.8, 4) is 0 Å². The van der Waals surface area contributed by atoms with Gasteiger partial charge in [0.2, 0.25) is 0 Å². The van der Waals surface area contributed by atoms with Gasteiger partial charge >= 0.3 is 0 Å². The number of ether oxygens (including phenoxy) is 1. The van der Waals surface area contributed by atoms with Crippen LogP contribution < -0.4 is 5.73 Å². The molecular formula is C6H13NO. The Morgan fingerprint density at radius 3 is 2.75 bits per heavy atom. The average molecular weight is 115 g/mol. The van der Waals surface area contributed by atoms with E-state index in [-0.39, 0.29) is 0 Å². The Morgan fingerprint density at radius 1 is 1.62 bits per heavy atom. The zero-order chi connectivity index (χ0) is 5.98. The van der Waals surface area contributed by atoms with Gasteiger partial charge in [-0.05, 0) is 19.8 Å². The molecule has 2 N–H and O–H groups in total. The van der Waals surface area contributed by atoms with Gasteiger partial charge in [0.05, 0.1) is 6.10 Å². The molecule has 0 radical (unpaired) electrons. The molecule has 0 amide bonds. The highest BCUT2D eigenvalue weighted by Crippen LogP contribution is 2.10. The lowest BCUT2D eigenvalue weighted by atomic mass is 10.1. The van der Waals surface area contributed by atoms with Crippen molar-refractivity contribution < 1.29 is 4.74 Å². The maximum atomic E-state index is 5.65. The quantitative estimate of drug-likeness (QED) is 0.499. The molecule has 0 spiro atoms. The Balaban J connectivity index is 2.23. The standard InChI is InChI=1S/C6H13NO/c1-5-4-6(7)2-3-8-5/h5-6H,2-4,7H2,1H3/t5-,6+/m1/s1. The SMILES string of the molecule is C[C@@H]1C[C@@H](N)CCO1. The van der Waals surface area contributed by atoms with Crippen molar-refractivity contribution in [1.82, 2.24) is 0 Å². The van der Waals surface area contributed by atoms with Crippen LogP contribution in [0.3, 0.4) is 0 Å². The molecule has 8 heavy (non-hydrogen) atoms. The van der Waals surface area contributed by atoms with Crippen LogP contribution in [-0.2, 0) is 4.74 Å². The van der Waals surface area contributed by atoms with Crippen LogP contribution in [0.5, 0.6) is 0 Å². The van der Waals surface area contributed by atoms with Gasteiger partial charge in [0.25, 0.3) is 0 Å². The van der Waals surface area contributed by atoms with E-state index in [9.17, 15) is 0 Å². The summed E-state index contributed by atoms with van der Waals surface area (Å²) in [5, 5.41) is 0. The monoisotopic (exact) mass is 115 g/mol. The molecule has 1 fully saturated rings. The maximum Gasteiger partial charge on any atom is 0.0561 e. The molecule has 2 heteroatoms. The van der Waals surface area contributed by atoms with Crippen molar-refractivity contribution in [2.45, 2.75) is 31.9 Å². The third-order valence-corrected chi connectivity index (χ3v) is 1.53. The van der Waals surface area contributed by atoms with Crippen LogP contribution in [0.25, 0.3) is 0 Å².